The number of ketones is 1. The van der Waals surface area contributed by atoms with Gasteiger partial charge < -0.3 is 10.1 Å². The molecule has 3 rings (SSSR count). The molecule has 144 valence electrons. The number of Topliss-reactive ketones (excluding diaryl/α,β-unsaturated/α-hetero) is 1. The summed E-state index contributed by atoms with van der Waals surface area (Å²) in [5, 5.41) is 3.28. The maximum atomic E-state index is 13.1. The second kappa shape index (κ2) is 7.55. The van der Waals surface area contributed by atoms with E-state index in [1.807, 2.05) is 30.5 Å². The highest BCUT2D eigenvalue weighted by atomic mass is 32.2. The summed E-state index contributed by atoms with van der Waals surface area (Å²) >= 11 is 1.66. The summed E-state index contributed by atoms with van der Waals surface area (Å²) in [6, 6.07) is 8.09. The van der Waals surface area contributed by atoms with Gasteiger partial charge in [0.2, 0.25) is 0 Å². The lowest BCUT2D eigenvalue weighted by Crippen LogP contribution is -2.43. The van der Waals surface area contributed by atoms with Crippen LogP contribution in [0, 0.1) is 11.3 Å². The van der Waals surface area contributed by atoms with Gasteiger partial charge in [-0.05, 0) is 42.7 Å². The number of rotatable bonds is 4. The van der Waals surface area contributed by atoms with E-state index in [1.54, 1.807) is 18.7 Å². The fourth-order valence-electron chi connectivity index (χ4n) is 4.13. The van der Waals surface area contributed by atoms with E-state index in [0.29, 0.717) is 18.7 Å². The molecule has 1 aromatic carbocycles. The molecule has 1 aliphatic carbocycles. The van der Waals surface area contributed by atoms with Crippen molar-refractivity contribution in [3.63, 3.8) is 0 Å². The molecule has 2 aliphatic rings. The zero-order chi connectivity index (χ0) is 19.8. The van der Waals surface area contributed by atoms with Gasteiger partial charge in [0.15, 0.2) is 5.78 Å². The van der Waals surface area contributed by atoms with E-state index in [-0.39, 0.29) is 23.1 Å². The van der Waals surface area contributed by atoms with E-state index >= 15 is 0 Å². The SMILES string of the molecule is C=C1NC2=C(C(=O)CC(C)(C)C2)C(c2ccc(SC)cc2)C1C(=O)OCC. The maximum Gasteiger partial charge on any atom is 0.315 e. The number of benzene rings is 1. The third-order valence-electron chi connectivity index (χ3n) is 5.27. The topological polar surface area (TPSA) is 55.4 Å². The molecule has 2 unspecified atom stereocenters. The Bertz CT molecular complexity index is 807. The predicted octanol–water partition coefficient (Wildman–Crippen LogP) is 4.43. The fourth-order valence-corrected chi connectivity index (χ4v) is 4.54. The first-order valence-corrected chi connectivity index (χ1v) is 10.5. The number of carbonyl (C=O) groups is 2. The number of thioether (sulfide) groups is 1. The maximum absolute atomic E-state index is 13.1. The Balaban J connectivity index is 2.13. The molecule has 27 heavy (non-hydrogen) atoms. The van der Waals surface area contributed by atoms with E-state index in [0.717, 1.165) is 28.1 Å². The first-order chi connectivity index (χ1) is 12.8. The van der Waals surface area contributed by atoms with Gasteiger partial charge in [0, 0.05) is 34.2 Å². The van der Waals surface area contributed by atoms with E-state index in [2.05, 4.69) is 25.7 Å². The van der Waals surface area contributed by atoms with Crippen LogP contribution in [-0.4, -0.2) is 24.6 Å². The van der Waals surface area contributed by atoms with Crippen molar-refractivity contribution < 1.29 is 14.3 Å². The second-order valence-corrected chi connectivity index (χ2v) is 8.84. The molecule has 0 spiro atoms. The molecular formula is C22H27NO3S. The monoisotopic (exact) mass is 385 g/mol. The smallest absolute Gasteiger partial charge is 0.315 e. The standard InChI is InChI=1S/C22H27NO3S/c1-6-26-21(25)18-13(2)23-16-11-22(3,4)12-17(24)20(16)19(18)14-7-9-15(27-5)10-8-14/h7-10,18-19,23H,2,6,11-12H2,1,3-5H3. The molecule has 1 N–H and O–H groups in total. The number of hydrogen-bond acceptors (Lipinski definition) is 5. The highest BCUT2D eigenvalue weighted by Crippen LogP contribution is 2.48. The van der Waals surface area contributed by atoms with Crippen LogP contribution in [0.2, 0.25) is 0 Å². The van der Waals surface area contributed by atoms with Crippen LogP contribution in [0.4, 0.5) is 0 Å². The number of carbonyl (C=O) groups excluding carboxylic acids is 2. The molecule has 1 aliphatic heterocycles. The lowest BCUT2D eigenvalue weighted by atomic mass is 9.66. The molecule has 0 radical (unpaired) electrons. The Hall–Kier alpha value is -2.01. The van der Waals surface area contributed by atoms with Crippen LogP contribution in [0.1, 0.15) is 45.1 Å². The van der Waals surface area contributed by atoms with Crippen LogP contribution in [0.25, 0.3) is 0 Å². The Labute approximate surface area is 165 Å². The van der Waals surface area contributed by atoms with Crippen molar-refractivity contribution in [1.82, 2.24) is 5.32 Å². The number of allylic oxidation sites excluding steroid dienone is 2. The summed E-state index contributed by atoms with van der Waals surface area (Å²) in [5.74, 6) is -1.19. The predicted molar refractivity (Wildman–Crippen MR) is 108 cm³/mol. The van der Waals surface area contributed by atoms with Crippen molar-refractivity contribution in [3.05, 3.63) is 53.4 Å². The average Bonchev–Trinajstić information content (AvgIpc) is 2.59. The molecule has 0 aromatic heterocycles. The number of ether oxygens (including phenoxy) is 1. The summed E-state index contributed by atoms with van der Waals surface area (Å²) in [7, 11) is 0. The van der Waals surface area contributed by atoms with Gasteiger partial charge in [-0.3, -0.25) is 9.59 Å². The van der Waals surface area contributed by atoms with E-state index in [1.165, 1.54) is 0 Å². The molecule has 0 saturated carbocycles. The first kappa shape index (κ1) is 19.7. The zero-order valence-corrected chi connectivity index (χ0v) is 17.2. The van der Waals surface area contributed by atoms with E-state index in [4.69, 9.17) is 4.74 Å². The Kier molecular flexibility index (Phi) is 5.52. The van der Waals surface area contributed by atoms with Crippen LogP contribution in [0.5, 0.6) is 0 Å². The zero-order valence-electron chi connectivity index (χ0n) is 16.4. The van der Waals surface area contributed by atoms with Gasteiger partial charge in [-0.15, -0.1) is 11.8 Å². The highest BCUT2D eigenvalue weighted by molar-refractivity contribution is 7.98. The van der Waals surface area contributed by atoms with Crippen LogP contribution in [-0.2, 0) is 14.3 Å². The van der Waals surface area contributed by atoms with Crippen molar-refractivity contribution >= 4 is 23.5 Å². The molecule has 4 nitrogen and oxygen atoms in total. The van der Waals surface area contributed by atoms with Crippen LogP contribution >= 0.6 is 11.8 Å². The molecule has 1 aromatic rings. The van der Waals surface area contributed by atoms with Crippen molar-refractivity contribution in [1.29, 1.82) is 0 Å². The third kappa shape index (κ3) is 3.84. The van der Waals surface area contributed by atoms with Crippen LogP contribution in [0.3, 0.4) is 0 Å². The van der Waals surface area contributed by atoms with Gasteiger partial charge in [-0.25, -0.2) is 0 Å². The van der Waals surface area contributed by atoms with Gasteiger partial charge in [0.25, 0.3) is 0 Å². The third-order valence-corrected chi connectivity index (χ3v) is 6.01. The molecule has 0 saturated heterocycles. The van der Waals surface area contributed by atoms with Gasteiger partial charge in [-0.2, -0.15) is 0 Å². The summed E-state index contributed by atoms with van der Waals surface area (Å²) in [6.45, 7) is 10.4. The normalized spacial score (nSPS) is 24.3. The van der Waals surface area contributed by atoms with Crippen molar-refractivity contribution in [3.8, 4) is 0 Å². The molecule has 0 amide bonds. The lowest BCUT2D eigenvalue weighted by Gasteiger charge is -2.42. The number of nitrogens with one attached hydrogen (secondary N) is 1. The quantitative estimate of drug-likeness (QED) is 0.614. The minimum absolute atomic E-state index is 0.104. The molecule has 5 heteroatoms. The summed E-state index contributed by atoms with van der Waals surface area (Å²) < 4.78 is 5.33. The Morgan fingerprint density at radius 1 is 1.30 bits per heavy atom. The molecule has 1 heterocycles. The molecular weight excluding hydrogens is 358 g/mol. The summed E-state index contributed by atoms with van der Waals surface area (Å²) in [4.78, 5) is 27.0. The fraction of sp³-hybridized carbons (Fsp3) is 0.455. The molecule has 0 fully saturated rings. The second-order valence-electron chi connectivity index (χ2n) is 7.96. The lowest BCUT2D eigenvalue weighted by molar-refractivity contribution is -0.147. The minimum atomic E-state index is -0.603. The molecule has 2 atom stereocenters. The first-order valence-electron chi connectivity index (χ1n) is 9.30. The average molecular weight is 386 g/mol. The Morgan fingerprint density at radius 3 is 2.56 bits per heavy atom. The van der Waals surface area contributed by atoms with Crippen LogP contribution < -0.4 is 5.32 Å². The largest absolute Gasteiger partial charge is 0.465 e. The number of hydrogen-bond donors (Lipinski definition) is 1. The van der Waals surface area contributed by atoms with Gasteiger partial charge in [-0.1, -0.05) is 32.6 Å². The Morgan fingerprint density at radius 2 is 1.96 bits per heavy atom. The minimum Gasteiger partial charge on any atom is -0.465 e. The van der Waals surface area contributed by atoms with Crippen molar-refractivity contribution in [2.24, 2.45) is 11.3 Å². The summed E-state index contributed by atoms with van der Waals surface area (Å²) in [5.41, 5.74) is 3.08. The number of esters is 1. The van der Waals surface area contributed by atoms with E-state index < -0.39 is 5.92 Å². The van der Waals surface area contributed by atoms with Gasteiger partial charge in [0.1, 0.15) is 5.92 Å². The van der Waals surface area contributed by atoms with Gasteiger partial charge in [0.05, 0.1) is 6.61 Å². The summed E-state index contributed by atoms with van der Waals surface area (Å²) in [6.07, 6.45) is 3.27. The van der Waals surface area contributed by atoms with Crippen LogP contribution in [0.15, 0.2) is 52.7 Å². The highest BCUT2D eigenvalue weighted by Gasteiger charge is 2.46. The van der Waals surface area contributed by atoms with Crippen molar-refractivity contribution in [2.45, 2.75) is 44.4 Å². The van der Waals surface area contributed by atoms with E-state index in [9.17, 15) is 9.59 Å². The molecule has 0 bridgehead atoms. The van der Waals surface area contributed by atoms with Crippen molar-refractivity contribution in [2.75, 3.05) is 12.9 Å². The van der Waals surface area contributed by atoms with Gasteiger partial charge >= 0.3 is 5.97 Å².